The number of carbonyl (C=O) groups excluding carboxylic acids is 1. The monoisotopic (exact) mass is 378 g/mol. The van der Waals surface area contributed by atoms with Gasteiger partial charge in [-0.05, 0) is 43.9 Å². The molecule has 2 aromatic rings. The summed E-state index contributed by atoms with van der Waals surface area (Å²) >= 11 is 12.1. The molecule has 1 fully saturated rings. The first-order valence-corrected chi connectivity index (χ1v) is 9.05. The lowest BCUT2D eigenvalue weighted by Gasteiger charge is -2.32. The Morgan fingerprint density at radius 3 is 2.84 bits per heavy atom. The Morgan fingerprint density at radius 1 is 1.28 bits per heavy atom. The van der Waals surface area contributed by atoms with Gasteiger partial charge in [0.1, 0.15) is 17.3 Å². The van der Waals surface area contributed by atoms with Crippen LogP contribution in [0.15, 0.2) is 24.3 Å². The van der Waals surface area contributed by atoms with Crippen LogP contribution in [0.5, 0.6) is 0 Å². The second-order valence-corrected chi connectivity index (χ2v) is 7.27. The molecule has 3 rings (SSSR count). The zero-order valence-electron chi connectivity index (χ0n) is 14.2. The number of benzene rings is 1. The van der Waals surface area contributed by atoms with Gasteiger partial charge in [-0.2, -0.15) is 0 Å². The third-order valence-corrected chi connectivity index (χ3v) is 4.78. The smallest absolute Gasteiger partial charge is 0.274 e. The first kappa shape index (κ1) is 18.0. The normalized spacial score (nSPS) is 17.4. The summed E-state index contributed by atoms with van der Waals surface area (Å²) in [5.74, 6) is 1.65. The molecule has 7 heteroatoms. The van der Waals surface area contributed by atoms with E-state index in [9.17, 15) is 4.79 Å². The average molecular weight is 379 g/mol. The largest absolute Gasteiger partial charge is 0.356 e. The number of aryl methyl sites for hydroxylation is 1. The molecule has 0 saturated carbocycles. The summed E-state index contributed by atoms with van der Waals surface area (Å²) in [5.41, 5.74) is 0.778. The number of hydrogen-bond donors (Lipinski definition) is 1. The number of halogens is 2. The van der Waals surface area contributed by atoms with E-state index in [4.69, 9.17) is 23.2 Å². The molecule has 1 amide bonds. The zero-order valence-corrected chi connectivity index (χ0v) is 15.7. The van der Waals surface area contributed by atoms with Gasteiger partial charge in [0.05, 0.1) is 10.7 Å². The fraction of sp³-hybridized carbons (Fsp3) is 0.389. The second-order valence-electron chi connectivity index (χ2n) is 6.43. The molecule has 1 aliphatic heterocycles. The predicted molar refractivity (Wildman–Crippen MR) is 102 cm³/mol. The highest BCUT2D eigenvalue weighted by Crippen LogP contribution is 2.26. The molecule has 1 aromatic heterocycles. The first-order valence-electron chi connectivity index (χ1n) is 8.29. The van der Waals surface area contributed by atoms with E-state index in [1.165, 1.54) is 6.42 Å². The summed E-state index contributed by atoms with van der Waals surface area (Å²) in [4.78, 5) is 23.6. The van der Waals surface area contributed by atoms with Crippen LogP contribution in [0.2, 0.25) is 10.0 Å². The van der Waals surface area contributed by atoms with E-state index < -0.39 is 0 Å². The number of hydrogen-bond acceptors (Lipinski definition) is 4. The van der Waals surface area contributed by atoms with Gasteiger partial charge >= 0.3 is 0 Å². The van der Waals surface area contributed by atoms with Crippen LogP contribution >= 0.6 is 23.2 Å². The van der Waals surface area contributed by atoms with Gasteiger partial charge in [-0.25, -0.2) is 9.97 Å². The molecular formula is C18H20Cl2N4O. The molecule has 1 saturated heterocycles. The lowest BCUT2D eigenvalue weighted by atomic mass is 10.0. The maximum atomic E-state index is 12.6. The Balaban J connectivity index is 1.84. The number of piperidine rings is 1. The summed E-state index contributed by atoms with van der Waals surface area (Å²) in [6, 6.07) is 6.66. The summed E-state index contributed by atoms with van der Waals surface area (Å²) in [7, 11) is 0. The van der Waals surface area contributed by atoms with Crippen LogP contribution in [0.1, 0.15) is 36.1 Å². The van der Waals surface area contributed by atoms with Crippen molar-refractivity contribution in [2.75, 3.05) is 23.3 Å². The van der Waals surface area contributed by atoms with Crippen molar-refractivity contribution in [1.82, 2.24) is 9.97 Å². The van der Waals surface area contributed by atoms with Gasteiger partial charge in [-0.15, -0.1) is 0 Å². The van der Waals surface area contributed by atoms with E-state index in [2.05, 4.69) is 27.1 Å². The Labute approximate surface area is 157 Å². The van der Waals surface area contributed by atoms with Crippen LogP contribution in [0.4, 0.5) is 11.5 Å². The van der Waals surface area contributed by atoms with Gasteiger partial charge in [0.25, 0.3) is 5.91 Å². The maximum absolute atomic E-state index is 12.6. The minimum absolute atomic E-state index is 0.316. The quantitative estimate of drug-likeness (QED) is 0.848. The third kappa shape index (κ3) is 4.41. The van der Waals surface area contributed by atoms with Crippen LogP contribution in [0.3, 0.4) is 0 Å². The fourth-order valence-corrected chi connectivity index (χ4v) is 3.34. The standard InChI is InChI=1S/C18H20Cl2N4O/c1-11-4-3-7-24(10-11)17-9-16(21-12(2)22-17)18(25)23-15-8-13(19)5-6-14(15)20/h5-6,8-9,11H,3-4,7,10H2,1-2H3,(H,23,25). The fourth-order valence-electron chi connectivity index (χ4n) is 3.01. The summed E-state index contributed by atoms with van der Waals surface area (Å²) in [6.07, 6.45) is 2.35. The molecule has 1 N–H and O–H groups in total. The molecular weight excluding hydrogens is 359 g/mol. The first-order chi connectivity index (χ1) is 11.9. The lowest BCUT2D eigenvalue weighted by Crippen LogP contribution is -2.35. The van der Waals surface area contributed by atoms with E-state index >= 15 is 0 Å². The minimum Gasteiger partial charge on any atom is -0.356 e. The zero-order chi connectivity index (χ0) is 18.0. The Bertz CT molecular complexity index is 797. The lowest BCUT2D eigenvalue weighted by molar-refractivity contribution is 0.102. The van der Waals surface area contributed by atoms with Crippen molar-refractivity contribution in [1.29, 1.82) is 0 Å². The Morgan fingerprint density at radius 2 is 2.08 bits per heavy atom. The Kier molecular flexibility index (Phi) is 5.45. The highest BCUT2D eigenvalue weighted by atomic mass is 35.5. The van der Waals surface area contributed by atoms with Crippen LogP contribution in [-0.2, 0) is 0 Å². The number of nitrogens with one attached hydrogen (secondary N) is 1. The molecule has 25 heavy (non-hydrogen) atoms. The molecule has 1 unspecified atom stereocenters. The van der Waals surface area contributed by atoms with E-state index in [0.29, 0.717) is 33.2 Å². The summed E-state index contributed by atoms with van der Waals surface area (Å²) in [5, 5.41) is 3.70. The Hall–Kier alpha value is -1.85. The second kappa shape index (κ2) is 7.58. The van der Waals surface area contributed by atoms with Crippen LogP contribution in [0, 0.1) is 12.8 Å². The van der Waals surface area contributed by atoms with Gasteiger partial charge in [0.2, 0.25) is 0 Å². The predicted octanol–water partition coefficient (Wildman–Crippen LogP) is 4.58. The van der Waals surface area contributed by atoms with Crippen molar-refractivity contribution in [3.8, 4) is 0 Å². The van der Waals surface area contributed by atoms with Crippen LogP contribution in [0.25, 0.3) is 0 Å². The summed E-state index contributed by atoms with van der Waals surface area (Å²) < 4.78 is 0. The van der Waals surface area contributed by atoms with Crippen LogP contribution < -0.4 is 10.2 Å². The molecule has 132 valence electrons. The van der Waals surface area contributed by atoms with E-state index in [1.54, 1.807) is 31.2 Å². The van der Waals surface area contributed by atoms with Crippen molar-refractivity contribution in [2.45, 2.75) is 26.7 Å². The van der Waals surface area contributed by atoms with Crippen molar-refractivity contribution in [3.63, 3.8) is 0 Å². The molecule has 1 aromatic carbocycles. The number of rotatable bonds is 3. The number of anilines is 2. The molecule has 0 spiro atoms. The molecule has 0 bridgehead atoms. The maximum Gasteiger partial charge on any atom is 0.274 e. The van der Waals surface area contributed by atoms with Crippen LogP contribution in [-0.4, -0.2) is 29.0 Å². The van der Waals surface area contributed by atoms with Gasteiger partial charge in [0, 0.05) is 24.2 Å². The van der Waals surface area contributed by atoms with E-state index in [0.717, 1.165) is 25.3 Å². The molecule has 1 atom stereocenters. The number of carbonyl (C=O) groups is 1. The van der Waals surface area contributed by atoms with Gasteiger partial charge in [-0.1, -0.05) is 30.1 Å². The average Bonchev–Trinajstić information content (AvgIpc) is 2.57. The SMILES string of the molecule is Cc1nc(C(=O)Nc2cc(Cl)ccc2Cl)cc(N2CCCC(C)C2)n1. The van der Waals surface area contributed by atoms with E-state index in [-0.39, 0.29) is 5.91 Å². The number of amides is 1. The number of aromatic nitrogens is 2. The van der Waals surface area contributed by atoms with Gasteiger partial charge < -0.3 is 10.2 Å². The van der Waals surface area contributed by atoms with E-state index in [1.807, 2.05) is 0 Å². The van der Waals surface area contributed by atoms with Gasteiger partial charge in [0.15, 0.2) is 0 Å². The molecule has 0 aliphatic carbocycles. The topological polar surface area (TPSA) is 58.1 Å². The minimum atomic E-state index is -0.332. The highest BCUT2D eigenvalue weighted by Gasteiger charge is 2.20. The van der Waals surface area contributed by atoms with Crippen molar-refractivity contribution >= 4 is 40.6 Å². The molecule has 2 heterocycles. The van der Waals surface area contributed by atoms with Crippen molar-refractivity contribution < 1.29 is 4.79 Å². The third-order valence-electron chi connectivity index (χ3n) is 4.21. The molecule has 5 nitrogen and oxygen atoms in total. The van der Waals surface area contributed by atoms with Crippen molar-refractivity contribution in [3.05, 3.63) is 45.8 Å². The number of nitrogens with zero attached hydrogens (tertiary/aromatic N) is 3. The molecule has 1 aliphatic rings. The highest BCUT2D eigenvalue weighted by molar-refractivity contribution is 6.35. The van der Waals surface area contributed by atoms with Crippen molar-refractivity contribution in [2.24, 2.45) is 5.92 Å². The van der Waals surface area contributed by atoms with Gasteiger partial charge in [-0.3, -0.25) is 4.79 Å². The molecule has 0 radical (unpaired) electrons. The summed E-state index contributed by atoms with van der Waals surface area (Å²) in [6.45, 7) is 5.91.